The third-order valence-corrected chi connectivity index (χ3v) is 6.08. The summed E-state index contributed by atoms with van der Waals surface area (Å²) in [5, 5.41) is 5.11. The van der Waals surface area contributed by atoms with E-state index in [-0.39, 0.29) is 11.9 Å². The predicted octanol–water partition coefficient (Wildman–Crippen LogP) is 3.70. The van der Waals surface area contributed by atoms with Gasteiger partial charge >= 0.3 is 0 Å². The average Bonchev–Trinajstić information content (AvgIpc) is 3.06. The second-order valence-electron chi connectivity index (χ2n) is 7.26. The van der Waals surface area contributed by atoms with Crippen LogP contribution in [0.2, 0.25) is 0 Å². The van der Waals surface area contributed by atoms with Gasteiger partial charge in [-0.2, -0.15) is 0 Å². The maximum absolute atomic E-state index is 12.3. The van der Waals surface area contributed by atoms with E-state index >= 15 is 0 Å². The molecule has 0 bridgehead atoms. The molecule has 1 N–H and O–H groups in total. The molecule has 1 aliphatic heterocycles. The number of hydrogen-bond donors (Lipinski definition) is 1. The van der Waals surface area contributed by atoms with Crippen molar-refractivity contribution in [2.45, 2.75) is 33.2 Å². The molecule has 1 aromatic heterocycles. The Morgan fingerprint density at radius 3 is 2.62 bits per heavy atom. The molecule has 5 heteroatoms. The predicted molar refractivity (Wildman–Crippen MR) is 110 cm³/mol. The zero-order valence-electron chi connectivity index (χ0n) is 16.0. The van der Waals surface area contributed by atoms with Crippen LogP contribution in [0, 0.1) is 13.8 Å². The van der Waals surface area contributed by atoms with Crippen LogP contribution >= 0.6 is 11.3 Å². The molecule has 1 fully saturated rings. The van der Waals surface area contributed by atoms with Gasteiger partial charge in [0.25, 0.3) is 5.91 Å². The third-order valence-electron chi connectivity index (χ3n) is 5.06. The molecule has 1 amide bonds. The van der Waals surface area contributed by atoms with Gasteiger partial charge in [-0.25, -0.2) is 0 Å². The fourth-order valence-electron chi connectivity index (χ4n) is 3.40. The summed E-state index contributed by atoms with van der Waals surface area (Å²) in [6.45, 7) is 11.6. The highest BCUT2D eigenvalue weighted by Crippen LogP contribution is 2.18. The van der Waals surface area contributed by atoms with Crippen LogP contribution in [0.4, 0.5) is 5.69 Å². The molecule has 0 spiro atoms. The number of anilines is 1. The number of carbonyl (C=O) groups is 1. The number of nitrogens with zero attached hydrogens (tertiary/aromatic N) is 2. The van der Waals surface area contributed by atoms with E-state index in [0.717, 1.165) is 49.6 Å². The van der Waals surface area contributed by atoms with Crippen molar-refractivity contribution in [3.63, 3.8) is 0 Å². The maximum atomic E-state index is 12.3. The van der Waals surface area contributed by atoms with E-state index in [1.807, 2.05) is 18.4 Å². The van der Waals surface area contributed by atoms with E-state index in [0.29, 0.717) is 0 Å². The first-order valence-corrected chi connectivity index (χ1v) is 10.3. The Kier molecular flexibility index (Phi) is 6.33. The van der Waals surface area contributed by atoms with E-state index in [2.05, 4.69) is 53.2 Å². The highest BCUT2D eigenvalue weighted by Gasteiger charge is 2.19. The summed E-state index contributed by atoms with van der Waals surface area (Å²) in [4.78, 5) is 18.1. The van der Waals surface area contributed by atoms with Crippen LogP contribution in [0.15, 0.2) is 35.7 Å². The molecule has 3 rings (SSSR count). The standard InChI is InChI=1S/C21H29N3OS/c1-16-5-4-6-19(15-16)24-12-10-23(11-13-24)9-7-18(3)22-21(25)20-17(2)8-14-26-20/h4-6,8,14-15,18H,7,9-13H2,1-3H3,(H,22,25). The Morgan fingerprint density at radius 2 is 1.96 bits per heavy atom. The molecule has 1 aromatic carbocycles. The minimum absolute atomic E-state index is 0.0641. The highest BCUT2D eigenvalue weighted by atomic mass is 32.1. The molecule has 0 aliphatic carbocycles. The Balaban J connectivity index is 1.41. The molecule has 1 saturated heterocycles. The van der Waals surface area contributed by atoms with Crippen molar-refractivity contribution in [3.8, 4) is 0 Å². The molecule has 1 unspecified atom stereocenters. The van der Waals surface area contributed by atoms with Gasteiger partial charge in [0, 0.05) is 44.5 Å². The zero-order chi connectivity index (χ0) is 18.5. The Labute approximate surface area is 160 Å². The molecule has 0 radical (unpaired) electrons. The van der Waals surface area contributed by atoms with Gasteiger partial charge in [0.05, 0.1) is 4.88 Å². The van der Waals surface area contributed by atoms with Crippen molar-refractivity contribution >= 4 is 22.9 Å². The first-order valence-electron chi connectivity index (χ1n) is 9.42. The van der Waals surface area contributed by atoms with Crippen molar-refractivity contribution in [2.75, 3.05) is 37.6 Å². The number of piperazine rings is 1. The molecule has 1 atom stereocenters. The lowest BCUT2D eigenvalue weighted by Gasteiger charge is -2.36. The van der Waals surface area contributed by atoms with Crippen LogP contribution in [0.25, 0.3) is 0 Å². The largest absolute Gasteiger partial charge is 0.369 e. The monoisotopic (exact) mass is 371 g/mol. The summed E-state index contributed by atoms with van der Waals surface area (Å²) in [6.07, 6.45) is 0.987. The topological polar surface area (TPSA) is 35.6 Å². The summed E-state index contributed by atoms with van der Waals surface area (Å²) in [7, 11) is 0. The fourth-order valence-corrected chi connectivity index (χ4v) is 4.23. The van der Waals surface area contributed by atoms with E-state index in [1.54, 1.807) is 0 Å². The third kappa shape index (κ3) is 4.86. The van der Waals surface area contributed by atoms with Gasteiger partial charge < -0.3 is 10.2 Å². The Morgan fingerprint density at radius 1 is 1.19 bits per heavy atom. The number of benzene rings is 1. The highest BCUT2D eigenvalue weighted by molar-refractivity contribution is 7.12. The van der Waals surface area contributed by atoms with Crippen molar-refractivity contribution in [1.82, 2.24) is 10.2 Å². The molecule has 2 aromatic rings. The van der Waals surface area contributed by atoms with E-state index in [9.17, 15) is 4.79 Å². The Hall–Kier alpha value is -1.85. The summed E-state index contributed by atoms with van der Waals surface area (Å²) in [5.41, 5.74) is 3.71. The first kappa shape index (κ1) is 18.9. The number of carbonyl (C=O) groups excluding carboxylic acids is 1. The number of amides is 1. The van der Waals surface area contributed by atoms with Crippen molar-refractivity contribution in [1.29, 1.82) is 0 Å². The zero-order valence-corrected chi connectivity index (χ0v) is 16.8. The SMILES string of the molecule is Cc1cccc(N2CCN(CCC(C)NC(=O)c3sccc3C)CC2)c1. The van der Waals surface area contributed by atoms with Crippen LogP contribution < -0.4 is 10.2 Å². The van der Waals surface area contributed by atoms with Gasteiger partial charge in [0.2, 0.25) is 0 Å². The molecule has 140 valence electrons. The van der Waals surface area contributed by atoms with Crippen molar-refractivity contribution < 1.29 is 4.79 Å². The summed E-state index contributed by atoms with van der Waals surface area (Å²) in [6, 6.07) is 10.9. The first-order chi connectivity index (χ1) is 12.5. The van der Waals surface area contributed by atoms with E-state index < -0.39 is 0 Å². The molecule has 2 heterocycles. The second kappa shape index (κ2) is 8.69. The number of aryl methyl sites for hydroxylation is 2. The second-order valence-corrected chi connectivity index (χ2v) is 8.18. The van der Waals surface area contributed by atoms with E-state index in [1.165, 1.54) is 22.6 Å². The lowest BCUT2D eigenvalue weighted by molar-refractivity contribution is 0.0938. The van der Waals surface area contributed by atoms with Crippen LogP contribution in [-0.4, -0.2) is 49.6 Å². The summed E-state index contributed by atoms with van der Waals surface area (Å²) >= 11 is 1.52. The molecule has 1 aliphatic rings. The van der Waals surface area contributed by atoms with E-state index in [4.69, 9.17) is 0 Å². The number of rotatable bonds is 6. The average molecular weight is 372 g/mol. The van der Waals surface area contributed by atoms with Crippen molar-refractivity contribution in [2.24, 2.45) is 0 Å². The van der Waals surface area contributed by atoms with Crippen LogP contribution in [-0.2, 0) is 0 Å². The van der Waals surface area contributed by atoms with Gasteiger partial charge in [-0.05, 0) is 61.9 Å². The lowest BCUT2D eigenvalue weighted by Crippen LogP contribution is -2.47. The maximum Gasteiger partial charge on any atom is 0.261 e. The van der Waals surface area contributed by atoms with Crippen LogP contribution in [0.3, 0.4) is 0 Å². The van der Waals surface area contributed by atoms with Gasteiger partial charge in [0.15, 0.2) is 0 Å². The Bertz CT molecular complexity index is 734. The molecule has 26 heavy (non-hydrogen) atoms. The van der Waals surface area contributed by atoms with Gasteiger partial charge in [0.1, 0.15) is 0 Å². The minimum atomic E-state index is 0.0641. The molecule has 4 nitrogen and oxygen atoms in total. The normalized spacial score (nSPS) is 16.5. The van der Waals surface area contributed by atoms with Crippen LogP contribution in [0.5, 0.6) is 0 Å². The van der Waals surface area contributed by atoms with Gasteiger partial charge in [-0.15, -0.1) is 11.3 Å². The van der Waals surface area contributed by atoms with Gasteiger partial charge in [-0.1, -0.05) is 12.1 Å². The summed E-state index contributed by atoms with van der Waals surface area (Å²) in [5.74, 6) is 0.0641. The van der Waals surface area contributed by atoms with Crippen LogP contribution in [0.1, 0.15) is 34.1 Å². The van der Waals surface area contributed by atoms with Crippen molar-refractivity contribution in [3.05, 3.63) is 51.7 Å². The molecular formula is C21H29N3OS. The molecular weight excluding hydrogens is 342 g/mol. The lowest BCUT2D eigenvalue weighted by atomic mass is 10.1. The fraction of sp³-hybridized carbons (Fsp3) is 0.476. The number of nitrogens with one attached hydrogen (secondary N) is 1. The molecule has 0 saturated carbocycles. The van der Waals surface area contributed by atoms with Gasteiger partial charge in [-0.3, -0.25) is 9.69 Å². The summed E-state index contributed by atoms with van der Waals surface area (Å²) < 4.78 is 0. The number of thiophene rings is 1. The smallest absolute Gasteiger partial charge is 0.261 e. The number of hydrogen-bond acceptors (Lipinski definition) is 4. The quantitative estimate of drug-likeness (QED) is 0.841. The minimum Gasteiger partial charge on any atom is -0.369 e.